The number of benzene rings is 1. The normalized spacial score (nSPS) is 13.2. The lowest BCUT2D eigenvalue weighted by atomic mass is 9.86. The van der Waals surface area contributed by atoms with E-state index in [1.807, 2.05) is 19.1 Å². The minimum absolute atomic E-state index is 0. The monoisotopic (exact) mass is 433 g/mol. The Morgan fingerprint density at radius 1 is 1.13 bits per heavy atom. The Hall–Kier alpha value is -0.820. The molecule has 0 saturated heterocycles. The molecule has 0 amide bonds. The number of aliphatic hydroxyl groups is 1. The number of hydrogen-bond acceptors (Lipinski definition) is 2. The van der Waals surface area contributed by atoms with Crippen molar-refractivity contribution in [3.05, 3.63) is 35.4 Å². The molecule has 1 unspecified atom stereocenters. The van der Waals surface area contributed by atoms with Crippen LogP contribution in [0.1, 0.15) is 58.3 Å². The van der Waals surface area contributed by atoms with Gasteiger partial charge in [-0.3, -0.25) is 4.99 Å². The molecule has 0 aliphatic rings. The van der Waals surface area contributed by atoms with Gasteiger partial charge >= 0.3 is 0 Å². The average Bonchev–Trinajstić information content (AvgIpc) is 2.49. The zero-order valence-corrected chi connectivity index (χ0v) is 17.3. The molecular weight excluding hydrogens is 401 g/mol. The lowest BCUT2D eigenvalue weighted by Gasteiger charge is -2.20. The summed E-state index contributed by atoms with van der Waals surface area (Å²) in [6.07, 6.45) is 0.465. The molecule has 1 aromatic rings. The van der Waals surface area contributed by atoms with Crippen LogP contribution in [0.15, 0.2) is 29.3 Å². The maximum atomic E-state index is 10.3. The third kappa shape index (κ3) is 8.01. The van der Waals surface area contributed by atoms with Crippen LogP contribution in [0.4, 0.5) is 0 Å². The standard InChI is InChI=1S/C18H31N3O.HI/c1-6-12-20-17(19-7-2)21-13-16(22)14-8-10-15(11-9-14)18(3,4)5;/h8-11,16,22H,6-7,12-13H2,1-5H3,(H2,19,20,21);1H. The van der Waals surface area contributed by atoms with Crippen LogP contribution in [0.25, 0.3) is 0 Å². The molecule has 0 aromatic heterocycles. The molecule has 23 heavy (non-hydrogen) atoms. The van der Waals surface area contributed by atoms with Crippen molar-refractivity contribution in [1.82, 2.24) is 10.6 Å². The van der Waals surface area contributed by atoms with Gasteiger partial charge in [0.1, 0.15) is 0 Å². The van der Waals surface area contributed by atoms with Gasteiger partial charge in [-0.25, -0.2) is 0 Å². The van der Waals surface area contributed by atoms with E-state index in [4.69, 9.17) is 0 Å². The molecule has 1 rings (SSSR count). The van der Waals surface area contributed by atoms with Gasteiger partial charge < -0.3 is 15.7 Å². The summed E-state index contributed by atoms with van der Waals surface area (Å²) in [6.45, 7) is 12.7. The third-order valence-electron chi connectivity index (χ3n) is 3.47. The summed E-state index contributed by atoms with van der Waals surface area (Å²) in [5.74, 6) is 0.759. The van der Waals surface area contributed by atoms with Crippen molar-refractivity contribution in [3.8, 4) is 0 Å². The fourth-order valence-electron chi connectivity index (χ4n) is 2.07. The summed E-state index contributed by atoms with van der Waals surface area (Å²) in [7, 11) is 0. The minimum Gasteiger partial charge on any atom is -0.386 e. The summed E-state index contributed by atoms with van der Waals surface area (Å²) in [4.78, 5) is 4.44. The Kier molecular flexibility index (Phi) is 10.5. The van der Waals surface area contributed by atoms with Crippen LogP contribution in [0.2, 0.25) is 0 Å². The molecule has 1 atom stereocenters. The third-order valence-corrected chi connectivity index (χ3v) is 3.47. The van der Waals surface area contributed by atoms with E-state index in [9.17, 15) is 5.11 Å². The molecule has 1 aromatic carbocycles. The second kappa shape index (κ2) is 10.9. The molecule has 0 fully saturated rings. The Balaban J connectivity index is 0.00000484. The van der Waals surface area contributed by atoms with Crippen LogP contribution in [0.5, 0.6) is 0 Å². The highest BCUT2D eigenvalue weighted by Gasteiger charge is 2.14. The Bertz CT molecular complexity index is 466. The second-order valence-electron chi connectivity index (χ2n) is 6.53. The summed E-state index contributed by atoms with van der Waals surface area (Å²) >= 11 is 0. The van der Waals surface area contributed by atoms with Gasteiger partial charge in [-0.15, -0.1) is 24.0 Å². The molecule has 0 bridgehead atoms. The van der Waals surface area contributed by atoms with Gasteiger partial charge in [-0.2, -0.15) is 0 Å². The van der Waals surface area contributed by atoms with Crippen LogP contribution >= 0.6 is 24.0 Å². The smallest absolute Gasteiger partial charge is 0.191 e. The molecule has 0 spiro atoms. The van der Waals surface area contributed by atoms with Gasteiger partial charge in [0.25, 0.3) is 0 Å². The topological polar surface area (TPSA) is 56.7 Å². The molecule has 5 heteroatoms. The minimum atomic E-state index is -0.578. The molecule has 0 radical (unpaired) electrons. The fourth-order valence-corrected chi connectivity index (χ4v) is 2.07. The van der Waals surface area contributed by atoms with Crippen LogP contribution < -0.4 is 10.6 Å². The predicted octanol–water partition coefficient (Wildman–Crippen LogP) is 3.60. The fraction of sp³-hybridized carbons (Fsp3) is 0.611. The highest BCUT2D eigenvalue weighted by atomic mass is 127. The number of aliphatic hydroxyl groups excluding tert-OH is 1. The molecule has 4 nitrogen and oxygen atoms in total. The summed E-state index contributed by atoms with van der Waals surface area (Å²) in [5.41, 5.74) is 2.30. The lowest BCUT2D eigenvalue weighted by molar-refractivity contribution is 0.187. The zero-order valence-electron chi connectivity index (χ0n) is 15.0. The van der Waals surface area contributed by atoms with E-state index in [1.54, 1.807) is 0 Å². The van der Waals surface area contributed by atoms with Crippen molar-refractivity contribution >= 4 is 29.9 Å². The van der Waals surface area contributed by atoms with E-state index >= 15 is 0 Å². The van der Waals surface area contributed by atoms with Crippen molar-refractivity contribution in [2.45, 2.75) is 52.6 Å². The molecule has 132 valence electrons. The van der Waals surface area contributed by atoms with Crippen LogP contribution in [0.3, 0.4) is 0 Å². The van der Waals surface area contributed by atoms with E-state index in [1.165, 1.54) is 5.56 Å². The number of nitrogens with zero attached hydrogens (tertiary/aromatic N) is 1. The first-order chi connectivity index (χ1) is 10.4. The maximum Gasteiger partial charge on any atom is 0.191 e. The second-order valence-corrected chi connectivity index (χ2v) is 6.53. The van der Waals surface area contributed by atoms with E-state index in [2.05, 4.69) is 55.5 Å². The first-order valence-corrected chi connectivity index (χ1v) is 8.19. The maximum absolute atomic E-state index is 10.3. The number of hydrogen-bond donors (Lipinski definition) is 3. The van der Waals surface area contributed by atoms with Crippen LogP contribution in [-0.4, -0.2) is 30.7 Å². The molecule has 0 heterocycles. The van der Waals surface area contributed by atoms with Crippen molar-refractivity contribution in [1.29, 1.82) is 0 Å². The number of aliphatic imine (C=N–C) groups is 1. The van der Waals surface area contributed by atoms with Gasteiger partial charge in [0.2, 0.25) is 0 Å². The highest BCUT2D eigenvalue weighted by Crippen LogP contribution is 2.24. The first kappa shape index (κ1) is 22.2. The molecule has 3 N–H and O–H groups in total. The number of halogens is 1. The van der Waals surface area contributed by atoms with Crippen molar-refractivity contribution in [2.24, 2.45) is 4.99 Å². The SMILES string of the molecule is CCCNC(=NCC(O)c1ccc(C(C)(C)C)cc1)NCC.I. The van der Waals surface area contributed by atoms with Gasteiger partial charge in [0, 0.05) is 13.1 Å². The van der Waals surface area contributed by atoms with E-state index in [0.717, 1.165) is 31.0 Å². The van der Waals surface area contributed by atoms with Crippen molar-refractivity contribution < 1.29 is 5.11 Å². The van der Waals surface area contributed by atoms with Crippen molar-refractivity contribution in [3.63, 3.8) is 0 Å². The predicted molar refractivity (Wildman–Crippen MR) is 110 cm³/mol. The van der Waals surface area contributed by atoms with Crippen molar-refractivity contribution in [2.75, 3.05) is 19.6 Å². The molecular formula is C18H32IN3O. The largest absolute Gasteiger partial charge is 0.386 e. The Labute approximate surface area is 158 Å². The number of guanidine groups is 1. The molecule has 0 aliphatic heterocycles. The van der Waals surface area contributed by atoms with E-state index in [0.29, 0.717) is 6.54 Å². The summed E-state index contributed by atoms with van der Waals surface area (Å²) < 4.78 is 0. The molecule has 0 aliphatic carbocycles. The van der Waals surface area contributed by atoms with E-state index < -0.39 is 6.10 Å². The quantitative estimate of drug-likeness (QED) is 0.365. The zero-order chi connectivity index (χ0) is 16.6. The van der Waals surface area contributed by atoms with Gasteiger partial charge in [0.05, 0.1) is 12.6 Å². The van der Waals surface area contributed by atoms with Gasteiger partial charge in [-0.1, -0.05) is 52.0 Å². The summed E-state index contributed by atoms with van der Waals surface area (Å²) in [6, 6.07) is 8.16. The lowest BCUT2D eigenvalue weighted by Crippen LogP contribution is -2.37. The molecule has 0 saturated carbocycles. The first-order valence-electron chi connectivity index (χ1n) is 8.19. The van der Waals surface area contributed by atoms with E-state index in [-0.39, 0.29) is 29.4 Å². The highest BCUT2D eigenvalue weighted by molar-refractivity contribution is 14.0. The van der Waals surface area contributed by atoms with Crippen LogP contribution in [-0.2, 0) is 5.41 Å². The van der Waals surface area contributed by atoms with Gasteiger partial charge in [0.15, 0.2) is 5.96 Å². The summed E-state index contributed by atoms with van der Waals surface area (Å²) in [5, 5.41) is 16.7. The number of rotatable bonds is 6. The number of nitrogens with one attached hydrogen (secondary N) is 2. The Morgan fingerprint density at radius 2 is 1.74 bits per heavy atom. The van der Waals surface area contributed by atoms with Gasteiger partial charge in [-0.05, 0) is 29.9 Å². The Morgan fingerprint density at radius 3 is 2.22 bits per heavy atom. The average molecular weight is 433 g/mol. The van der Waals surface area contributed by atoms with Crippen LogP contribution in [0, 0.1) is 0 Å².